The molecule has 0 aromatic heterocycles. The molecule has 1 unspecified atom stereocenters. The van der Waals surface area contributed by atoms with Crippen molar-refractivity contribution in [1.29, 1.82) is 0 Å². The minimum Gasteiger partial charge on any atom is -0.0837 e. The molecule has 0 aliphatic heterocycles. The second-order valence-corrected chi connectivity index (χ2v) is 2.34. The predicted octanol–water partition coefficient (Wildman–Crippen LogP) is 1.89. The van der Waals surface area contributed by atoms with E-state index in [0.717, 1.165) is 5.92 Å². The molecule has 0 fully saturated rings. The Kier molecular flexibility index (Phi) is 0.498. The Hall–Kier alpha value is -0.520. The Bertz CT molecular complexity index is 138. The molecule has 0 N–H and O–H groups in total. The van der Waals surface area contributed by atoms with Gasteiger partial charge < -0.3 is 0 Å². The number of hydrogen-bond acceptors (Lipinski definition) is 0. The normalized spacial score (nSPS) is 34.3. The van der Waals surface area contributed by atoms with Gasteiger partial charge in [-0.2, -0.15) is 0 Å². The fourth-order valence-corrected chi connectivity index (χ4v) is 1.24. The molecule has 3 aliphatic carbocycles. The highest BCUT2D eigenvalue weighted by Gasteiger charge is 2.18. The lowest BCUT2D eigenvalue weighted by molar-refractivity contribution is 0.579. The van der Waals surface area contributed by atoms with Gasteiger partial charge in [0, 0.05) is 0 Å². The number of hydrogen-bond donors (Lipinski definition) is 0. The van der Waals surface area contributed by atoms with Gasteiger partial charge >= 0.3 is 0 Å². The van der Waals surface area contributed by atoms with Crippen molar-refractivity contribution in [3.05, 3.63) is 23.8 Å². The average molecular weight is 92.1 g/mol. The van der Waals surface area contributed by atoms with E-state index < -0.39 is 0 Å². The van der Waals surface area contributed by atoms with Crippen LogP contribution in [0.15, 0.2) is 23.8 Å². The Morgan fingerprint density at radius 1 is 1.57 bits per heavy atom. The van der Waals surface area contributed by atoms with Crippen molar-refractivity contribution in [3.8, 4) is 0 Å². The molecule has 0 aromatic carbocycles. The molecule has 0 aromatic rings. The number of rotatable bonds is 0. The third kappa shape index (κ3) is 0.365. The zero-order valence-corrected chi connectivity index (χ0v) is 4.22. The maximum absolute atomic E-state index is 2.36. The molecule has 0 amide bonds. The highest BCUT2D eigenvalue weighted by molar-refractivity contribution is 5.32. The van der Waals surface area contributed by atoms with Crippen LogP contribution in [0.4, 0.5) is 0 Å². The highest BCUT2D eigenvalue weighted by atomic mass is 14.2. The molecule has 0 heteroatoms. The summed E-state index contributed by atoms with van der Waals surface area (Å²) in [6.45, 7) is 0. The summed E-state index contributed by atoms with van der Waals surface area (Å²) in [6.07, 6.45) is 9.52. The van der Waals surface area contributed by atoms with Crippen molar-refractivity contribution in [2.75, 3.05) is 0 Å². The third-order valence-electron chi connectivity index (χ3n) is 1.72. The van der Waals surface area contributed by atoms with Gasteiger partial charge in [-0.15, -0.1) is 0 Å². The van der Waals surface area contributed by atoms with E-state index in [-0.39, 0.29) is 0 Å². The van der Waals surface area contributed by atoms with Gasteiger partial charge in [0.05, 0.1) is 0 Å². The minimum atomic E-state index is 0.931. The molecule has 0 nitrogen and oxygen atoms in total. The summed E-state index contributed by atoms with van der Waals surface area (Å²) in [5.41, 5.74) is 1.55. The summed E-state index contributed by atoms with van der Waals surface area (Å²) >= 11 is 0. The van der Waals surface area contributed by atoms with Gasteiger partial charge in [-0.3, -0.25) is 0 Å². The van der Waals surface area contributed by atoms with Crippen molar-refractivity contribution >= 4 is 0 Å². The average Bonchev–Trinajstić information content (AvgIpc) is 1.67. The molecular formula is C7H8. The summed E-state index contributed by atoms with van der Waals surface area (Å²) in [5.74, 6) is 0.931. The van der Waals surface area contributed by atoms with Crippen LogP contribution >= 0.6 is 0 Å². The first-order chi connectivity index (χ1) is 3.45. The molecule has 0 saturated heterocycles. The van der Waals surface area contributed by atoms with Gasteiger partial charge in [0.25, 0.3) is 0 Å². The van der Waals surface area contributed by atoms with Crippen molar-refractivity contribution < 1.29 is 0 Å². The van der Waals surface area contributed by atoms with Crippen molar-refractivity contribution in [2.45, 2.75) is 12.8 Å². The van der Waals surface area contributed by atoms with E-state index in [1.54, 1.807) is 5.57 Å². The second-order valence-electron chi connectivity index (χ2n) is 2.34. The zero-order valence-electron chi connectivity index (χ0n) is 4.22. The van der Waals surface area contributed by atoms with Crippen LogP contribution in [0.1, 0.15) is 12.8 Å². The smallest absolute Gasteiger partial charge is 0.0153 e. The van der Waals surface area contributed by atoms with Crippen LogP contribution in [0, 0.1) is 5.92 Å². The van der Waals surface area contributed by atoms with E-state index >= 15 is 0 Å². The topological polar surface area (TPSA) is 0 Å². The molecule has 7 heavy (non-hydrogen) atoms. The Morgan fingerprint density at radius 2 is 2.43 bits per heavy atom. The lowest BCUT2D eigenvalue weighted by Gasteiger charge is -2.26. The maximum atomic E-state index is 2.36. The zero-order chi connectivity index (χ0) is 4.69. The van der Waals surface area contributed by atoms with Gasteiger partial charge in [0.1, 0.15) is 0 Å². The van der Waals surface area contributed by atoms with Gasteiger partial charge in [-0.25, -0.2) is 0 Å². The van der Waals surface area contributed by atoms with Gasteiger partial charge in [-0.1, -0.05) is 23.8 Å². The van der Waals surface area contributed by atoms with Crippen LogP contribution in [0.3, 0.4) is 0 Å². The van der Waals surface area contributed by atoms with Crippen molar-refractivity contribution in [1.82, 2.24) is 0 Å². The van der Waals surface area contributed by atoms with Crippen molar-refractivity contribution in [3.63, 3.8) is 0 Å². The first kappa shape index (κ1) is 3.48. The summed E-state index contributed by atoms with van der Waals surface area (Å²) in [7, 11) is 0. The standard InChI is InChI=1S/C7H8/c1-2-6-4-7(3-1)5-6/h1-2,4,7H,3,5H2. The monoisotopic (exact) mass is 92.1 g/mol. The van der Waals surface area contributed by atoms with E-state index in [0.29, 0.717) is 0 Å². The molecule has 36 valence electrons. The summed E-state index contributed by atoms with van der Waals surface area (Å²) in [5, 5.41) is 0. The van der Waals surface area contributed by atoms with E-state index in [2.05, 4.69) is 18.2 Å². The highest BCUT2D eigenvalue weighted by Crippen LogP contribution is 2.33. The molecule has 3 rings (SSSR count). The number of fused-ring (bicyclic) bond motifs is 1. The van der Waals surface area contributed by atoms with E-state index in [1.165, 1.54) is 12.8 Å². The molecule has 0 heterocycles. The van der Waals surface area contributed by atoms with E-state index in [4.69, 9.17) is 0 Å². The summed E-state index contributed by atoms with van der Waals surface area (Å²) < 4.78 is 0. The second kappa shape index (κ2) is 1.00. The van der Waals surface area contributed by atoms with Gasteiger partial charge in [0.2, 0.25) is 0 Å². The summed E-state index contributed by atoms with van der Waals surface area (Å²) in [6, 6.07) is 0. The predicted molar refractivity (Wildman–Crippen MR) is 29.9 cm³/mol. The molecule has 0 radical (unpaired) electrons. The molecule has 3 aliphatic rings. The van der Waals surface area contributed by atoms with Crippen LogP contribution in [0.2, 0.25) is 0 Å². The van der Waals surface area contributed by atoms with Crippen molar-refractivity contribution in [2.24, 2.45) is 5.92 Å². The largest absolute Gasteiger partial charge is 0.0837 e. The van der Waals surface area contributed by atoms with Gasteiger partial charge in [0.15, 0.2) is 0 Å². The molecule has 2 bridgehead atoms. The van der Waals surface area contributed by atoms with E-state index in [9.17, 15) is 0 Å². The Balaban J connectivity index is 2.36. The van der Waals surface area contributed by atoms with Crippen LogP contribution in [0.25, 0.3) is 0 Å². The summed E-state index contributed by atoms with van der Waals surface area (Å²) in [4.78, 5) is 0. The number of allylic oxidation sites excluding steroid dienone is 4. The van der Waals surface area contributed by atoms with Crippen LogP contribution in [-0.2, 0) is 0 Å². The third-order valence-corrected chi connectivity index (χ3v) is 1.72. The molecule has 0 saturated carbocycles. The molecule has 1 atom stereocenters. The minimum absolute atomic E-state index is 0.931. The van der Waals surface area contributed by atoms with Crippen LogP contribution in [-0.4, -0.2) is 0 Å². The Morgan fingerprint density at radius 3 is 2.57 bits per heavy atom. The first-order valence-corrected chi connectivity index (χ1v) is 2.82. The lowest BCUT2D eigenvalue weighted by atomic mass is 9.80. The molecule has 0 spiro atoms. The quantitative estimate of drug-likeness (QED) is 0.428. The van der Waals surface area contributed by atoms with Gasteiger partial charge in [-0.05, 0) is 18.8 Å². The van der Waals surface area contributed by atoms with Crippen LogP contribution in [0.5, 0.6) is 0 Å². The maximum Gasteiger partial charge on any atom is -0.0153 e. The molecular weight excluding hydrogens is 84.1 g/mol. The SMILES string of the molecule is C1=CC2=CC(C1)C2. The van der Waals surface area contributed by atoms with E-state index in [1.807, 2.05) is 0 Å². The lowest BCUT2D eigenvalue weighted by Crippen LogP contribution is -2.11. The first-order valence-electron chi connectivity index (χ1n) is 2.82. The fraction of sp³-hybridized carbons (Fsp3) is 0.429. The van der Waals surface area contributed by atoms with Crippen LogP contribution < -0.4 is 0 Å². The fourth-order valence-electron chi connectivity index (χ4n) is 1.24. The Labute approximate surface area is 43.5 Å².